The summed E-state index contributed by atoms with van der Waals surface area (Å²) in [6, 6.07) is 0.319. The monoisotopic (exact) mass is 154 g/mol. The van der Waals surface area contributed by atoms with Gasteiger partial charge in [0.1, 0.15) is 0 Å². The molecule has 0 fully saturated rings. The molecule has 0 saturated carbocycles. The number of nitrogens with zero attached hydrogens (tertiary/aromatic N) is 1. The Morgan fingerprint density at radius 2 is 2.27 bits per heavy atom. The zero-order valence-corrected chi connectivity index (χ0v) is 7.51. The summed E-state index contributed by atoms with van der Waals surface area (Å²) in [5.41, 5.74) is 0. The lowest BCUT2D eigenvalue weighted by molar-refractivity contribution is 0.474. The minimum Gasteiger partial charge on any atom is -0.319 e. The van der Waals surface area contributed by atoms with Crippen LogP contribution in [0.4, 0.5) is 0 Å². The number of nitrogens with one attached hydrogen (secondary N) is 1. The smallest absolute Gasteiger partial charge is 0.0564 e. The van der Waals surface area contributed by atoms with Gasteiger partial charge in [-0.3, -0.25) is 4.99 Å². The number of rotatable bonds is 6. The van der Waals surface area contributed by atoms with Gasteiger partial charge in [-0.15, -0.1) is 6.58 Å². The van der Waals surface area contributed by atoms with Crippen molar-refractivity contribution in [3.63, 3.8) is 0 Å². The molecule has 0 spiro atoms. The maximum absolute atomic E-state index is 4.04. The van der Waals surface area contributed by atoms with E-state index in [9.17, 15) is 0 Å². The molecule has 0 rings (SSSR count). The van der Waals surface area contributed by atoms with Gasteiger partial charge in [-0.25, -0.2) is 0 Å². The summed E-state index contributed by atoms with van der Waals surface area (Å²) in [4.78, 5) is 4.04. The molecule has 0 amide bonds. The van der Waals surface area contributed by atoms with Crippen molar-refractivity contribution in [2.45, 2.75) is 19.4 Å². The van der Waals surface area contributed by atoms with Crippen LogP contribution in [0.25, 0.3) is 0 Å². The number of hydrogen-bond acceptors (Lipinski definition) is 2. The summed E-state index contributed by atoms with van der Waals surface area (Å²) < 4.78 is 0. The van der Waals surface area contributed by atoms with Gasteiger partial charge < -0.3 is 5.32 Å². The van der Waals surface area contributed by atoms with Crippen molar-refractivity contribution >= 4 is 6.72 Å². The molecule has 0 heterocycles. The van der Waals surface area contributed by atoms with E-state index in [1.54, 1.807) is 0 Å². The second-order valence-electron chi connectivity index (χ2n) is 2.62. The summed E-state index contributed by atoms with van der Waals surface area (Å²) in [5.74, 6) is 0.419. The van der Waals surface area contributed by atoms with Crippen molar-refractivity contribution in [3.8, 4) is 0 Å². The van der Waals surface area contributed by atoms with E-state index in [1.165, 1.54) is 0 Å². The lowest BCUT2D eigenvalue weighted by Crippen LogP contribution is -2.26. The van der Waals surface area contributed by atoms with E-state index < -0.39 is 0 Å². The average Bonchev–Trinajstić information content (AvgIpc) is 2.05. The standard InChI is InChI=1S/C9H18N2/c1-5-8(7-10-3)9(6-2)11-4/h5,8-10H,1,4,6-7H2,2-3H3. The van der Waals surface area contributed by atoms with Gasteiger partial charge in [-0.05, 0) is 20.2 Å². The predicted molar refractivity (Wildman–Crippen MR) is 51.2 cm³/mol. The Kier molecular flexibility index (Phi) is 5.75. The highest BCUT2D eigenvalue weighted by atomic mass is 14.8. The molecule has 11 heavy (non-hydrogen) atoms. The molecular formula is C9H18N2. The Hall–Kier alpha value is -0.630. The van der Waals surface area contributed by atoms with E-state index >= 15 is 0 Å². The predicted octanol–water partition coefficient (Wildman–Crippen LogP) is 1.49. The molecule has 0 bridgehead atoms. The Morgan fingerprint density at radius 3 is 2.55 bits per heavy atom. The van der Waals surface area contributed by atoms with Gasteiger partial charge in [0.15, 0.2) is 0 Å². The molecule has 2 heteroatoms. The first-order chi connectivity index (χ1) is 5.29. The Bertz CT molecular complexity index is 121. The van der Waals surface area contributed by atoms with Gasteiger partial charge in [-0.2, -0.15) is 0 Å². The van der Waals surface area contributed by atoms with Gasteiger partial charge >= 0.3 is 0 Å². The highest BCUT2D eigenvalue weighted by molar-refractivity contribution is 5.24. The van der Waals surface area contributed by atoms with E-state index in [0.29, 0.717) is 12.0 Å². The van der Waals surface area contributed by atoms with Crippen molar-refractivity contribution in [3.05, 3.63) is 12.7 Å². The second-order valence-corrected chi connectivity index (χ2v) is 2.62. The van der Waals surface area contributed by atoms with E-state index in [-0.39, 0.29) is 0 Å². The quantitative estimate of drug-likeness (QED) is 0.455. The first-order valence-corrected chi connectivity index (χ1v) is 4.03. The van der Waals surface area contributed by atoms with Crippen LogP contribution in [0, 0.1) is 5.92 Å². The third-order valence-corrected chi connectivity index (χ3v) is 1.89. The van der Waals surface area contributed by atoms with E-state index in [4.69, 9.17) is 0 Å². The van der Waals surface area contributed by atoms with E-state index in [1.807, 2.05) is 13.1 Å². The maximum Gasteiger partial charge on any atom is 0.0564 e. The molecule has 0 radical (unpaired) electrons. The summed E-state index contributed by atoms with van der Waals surface area (Å²) in [6.45, 7) is 10.4. The van der Waals surface area contributed by atoms with Crippen LogP contribution in [0.15, 0.2) is 17.6 Å². The lowest BCUT2D eigenvalue weighted by atomic mass is 9.98. The fourth-order valence-corrected chi connectivity index (χ4v) is 1.18. The number of hydrogen-bond donors (Lipinski definition) is 1. The molecule has 0 aromatic carbocycles. The highest BCUT2D eigenvalue weighted by Crippen LogP contribution is 2.10. The van der Waals surface area contributed by atoms with Crippen LogP contribution in [0.2, 0.25) is 0 Å². The molecule has 2 atom stereocenters. The summed E-state index contributed by atoms with van der Waals surface area (Å²) in [7, 11) is 1.94. The molecule has 0 aromatic heterocycles. The van der Waals surface area contributed by atoms with Crippen molar-refractivity contribution in [1.82, 2.24) is 5.32 Å². The first-order valence-electron chi connectivity index (χ1n) is 4.03. The van der Waals surface area contributed by atoms with Crippen molar-refractivity contribution in [2.75, 3.05) is 13.6 Å². The number of aliphatic imine (C=N–C) groups is 1. The second kappa shape index (κ2) is 6.10. The molecule has 0 aliphatic carbocycles. The maximum atomic E-state index is 4.04. The van der Waals surface area contributed by atoms with E-state index in [2.05, 4.69) is 30.5 Å². The van der Waals surface area contributed by atoms with Crippen LogP contribution in [0.1, 0.15) is 13.3 Å². The molecular weight excluding hydrogens is 136 g/mol. The topological polar surface area (TPSA) is 24.4 Å². The molecule has 64 valence electrons. The summed E-state index contributed by atoms with van der Waals surface area (Å²) in [6.07, 6.45) is 2.97. The molecule has 0 aliphatic rings. The molecule has 1 N–H and O–H groups in total. The Labute approximate surface area is 69.4 Å². The van der Waals surface area contributed by atoms with Crippen molar-refractivity contribution in [1.29, 1.82) is 0 Å². The Morgan fingerprint density at radius 1 is 1.64 bits per heavy atom. The largest absolute Gasteiger partial charge is 0.319 e. The highest BCUT2D eigenvalue weighted by Gasteiger charge is 2.13. The van der Waals surface area contributed by atoms with Gasteiger partial charge in [0, 0.05) is 12.5 Å². The normalized spacial score (nSPS) is 15.5. The minimum absolute atomic E-state index is 0.319. The van der Waals surface area contributed by atoms with Crippen LogP contribution in [0.5, 0.6) is 0 Å². The van der Waals surface area contributed by atoms with Crippen molar-refractivity contribution in [2.24, 2.45) is 10.9 Å². The third-order valence-electron chi connectivity index (χ3n) is 1.89. The molecule has 0 aliphatic heterocycles. The van der Waals surface area contributed by atoms with Gasteiger partial charge in [0.25, 0.3) is 0 Å². The summed E-state index contributed by atoms with van der Waals surface area (Å²) >= 11 is 0. The van der Waals surface area contributed by atoms with Crippen LogP contribution < -0.4 is 5.32 Å². The Balaban J connectivity index is 3.96. The van der Waals surface area contributed by atoms with Crippen molar-refractivity contribution < 1.29 is 0 Å². The zero-order chi connectivity index (χ0) is 8.69. The van der Waals surface area contributed by atoms with Gasteiger partial charge in [0.2, 0.25) is 0 Å². The SMILES string of the molecule is C=CC(CNC)C(CC)N=C. The molecule has 2 unspecified atom stereocenters. The van der Waals surface area contributed by atoms with Crippen LogP contribution in [-0.2, 0) is 0 Å². The average molecular weight is 154 g/mol. The summed E-state index contributed by atoms with van der Waals surface area (Å²) in [5, 5.41) is 3.11. The van der Waals surface area contributed by atoms with E-state index in [0.717, 1.165) is 13.0 Å². The van der Waals surface area contributed by atoms with Crippen LogP contribution in [0.3, 0.4) is 0 Å². The fourth-order valence-electron chi connectivity index (χ4n) is 1.18. The molecule has 2 nitrogen and oxygen atoms in total. The molecule has 0 aromatic rings. The fraction of sp³-hybridized carbons (Fsp3) is 0.667. The third kappa shape index (κ3) is 3.33. The van der Waals surface area contributed by atoms with Gasteiger partial charge in [0.05, 0.1) is 6.04 Å². The van der Waals surface area contributed by atoms with Gasteiger partial charge in [-0.1, -0.05) is 13.0 Å². The molecule has 0 saturated heterocycles. The minimum atomic E-state index is 0.319. The zero-order valence-electron chi connectivity index (χ0n) is 7.51. The lowest BCUT2D eigenvalue weighted by Gasteiger charge is -2.18. The first kappa shape index (κ1) is 10.4. The van der Waals surface area contributed by atoms with Crippen LogP contribution in [-0.4, -0.2) is 26.4 Å². The van der Waals surface area contributed by atoms with Crippen LogP contribution >= 0.6 is 0 Å².